The number of halogens is 3. The first kappa shape index (κ1) is 26.5. The third-order valence-electron chi connectivity index (χ3n) is 5.67. The van der Waals surface area contributed by atoms with Gasteiger partial charge in [0.2, 0.25) is 0 Å². The van der Waals surface area contributed by atoms with Crippen molar-refractivity contribution >= 4 is 31.7 Å². The molecule has 37 heavy (non-hydrogen) atoms. The zero-order valence-corrected chi connectivity index (χ0v) is 21.0. The van der Waals surface area contributed by atoms with Gasteiger partial charge in [-0.05, 0) is 36.8 Å². The van der Waals surface area contributed by atoms with E-state index in [1.807, 2.05) is 0 Å². The van der Waals surface area contributed by atoms with E-state index in [1.165, 1.54) is 36.4 Å². The predicted octanol–water partition coefficient (Wildman–Crippen LogP) is 4.07. The molecule has 0 spiro atoms. The number of anilines is 1. The highest BCUT2D eigenvalue weighted by atomic mass is 32.2. The van der Waals surface area contributed by atoms with Gasteiger partial charge >= 0.3 is 15.6 Å². The second kappa shape index (κ2) is 9.71. The normalized spacial score (nSPS) is 14.8. The molecule has 0 aromatic heterocycles. The van der Waals surface area contributed by atoms with Crippen LogP contribution in [0, 0.1) is 6.92 Å². The molecular formula is C24H21F3N2O6S2. The molecule has 0 saturated carbocycles. The number of amides is 1. The summed E-state index contributed by atoms with van der Waals surface area (Å²) < 4.78 is 94.6. The minimum atomic E-state index is -6.14. The third-order valence-corrected chi connectivity index (χ3v) is 8.43. The topological polar surface area (TPSA) is 101 Å². The van der Waals surface area contributed by atoms with E-state index >= 15 is 0 Å². The van der Waals surface area contributed by atoms with E-state index in [4.69, 9.17) is 0 Å². The third kappa shape index (κ3) is 5.27. The molecule has 8 nitrogen and oxygen atoms in total. The van der Waals surface area contributed by atoms with Gasteiger partial charge in [-0.3, -0.25) is 4.79 Å². The minimum Gasteiger partial charge on any atom is -0.375 e. The maximum atomic E-state index is 13.6. The highest BCUT2D eigenvalue weighted by Crippen LogP contribution is 2.37. The van der Waals surface area contributed by atoms with E-state index < -0.39 is 42.9 Å². The lowest BCUT2D eigenvalue weighted by Gasteiger charge is -2.25. The quantitative estimate of drug-likeness (QED) is 0.334. The molecule has 0 saturated heterocycles. The number of hydrogen-bond acceptors (Lipinski definition) is 7. The molecule has 0 atom stereocenters. The molecule has 196 valence electrons. The molecular weight excluding hydrogens is 533 g/mol. The molecule has 3 aromatic carbocycles. The van der Waals surface area contributed by atoms with Gasteiger partial charge in [-0.1, -0.05) is 54.1 Å². The van der Waals surface area contributed by atoms with Crippen molar-refractivity contribution in [2.75, 3.05) is 18.0 Å². The molecule has 0 N–H and O–H groups in total. The van der Waals surface area contributed by atoms with E-state index in [-0.39, 0.29) is 30.2 Å². The summed E-state index contributed by atoms with van der Waals surface area (Å²) in [5.41, 5.74) is -4.80. The summed E-state index contributed by atoms with van der Waals surface area (Å²) in [5.74, 6) is -2.14. The van der Waals surface area contributed by atoms with Crippen LogP contribution in [0.25, 0.3) is 0 Å². The van der Waals surface area contributed by atoms with Gasteiger partial charge in [0.25, 0.3) is 15.9 Å². The smallest absolute Gasteiger partial charge is 0.375 e. The van der Waals surface area contributed by atoms with Crippen LogP contribution in [0.4, 0.5) is 18.9 Å². The zero-order chi connectivity index (χ0) is 27.0. The summed E-state index contributed by atoms with van der Waals surface area (Å²) in [6.45, 7) is 1.54. The molecule has 0 unspecified atom stereocenters. The fourth-order valence-electron chi connectivity index (χ4n) is 3.83. The Bertz CT molecular complexity index is 1520. The standard InChI is InChI=1S/C24H21F3N2O6S2/c1-17-10-12-19(13-11-17)36(31,32)29-15-14-28(16-18-6-3-2-4-7-18)20-8-5-9-21(22(20)23(29)30)35-37(33,34)24(25,26)27/h2-13H,14-16H2,1H3. The second-order valence-corrected chi connectivity index (χ2v) is 11.6. The molecule has 3 aromatic rings. The number of hydrogen-bond donors (Lipinski definition) is 0. The molecule has 1 amide bonds. The average Bonchev–Trinajstić information content (AvgIpc) is 2.97. The molecule has 1 heterocycles. The van der Waals surface area contributed by atoms with Crippen molar-refractivity contribution in [3.63, 3.8) is 0 Å². The lowest BCUT2D eigenvalue weighted by atomic mass is 10.1. The summed E-state index contributed by atoms with van der Waals surface area (Å²) in [5, 5.41) is 0. The molecule has 13 heteroatoms. The fourth-order valence-corrected chi connectivity index (χ4v) is 5.66. The molecule has 0 radical (unpaired) electrons. The largest absolute Gasteiger partial charge is 0.534 e. The Morgan fingerprint density at radius 1 is 0.865 bits per heavy atom. The maximum Gasteiger partial charge on any atom is 0.534 e. The van der Waals surface area contributed by atoms with Gasteiger partial charge in [0, 0.05) is 13.1 Å². The number of aryl methyl sites for hydroxylation is 1. The Kier molecular flexibility index (Phi) is 6.95. The van der Waals surface area contributed by atoms with Crippen molar-refractivity contribution in [1.29, 1.82) is 0 Å². The number of benzene rings is 3. The van der Waals surface area contributed by atoms with E-state index in [1.54, 1.807) is 42.2 Å². The predicted molar refractivity (Wildman–Crippen MR) is 129 cm³/mol. The summed E-state index contributed by atoms with van der Waals surface area (Å²) >= 11 is 0. The van der Waals surface area contributed by atoms with E-state index in [2.05, 4.69) is 4.18 Å². The lowest BCUT2D eigenvalue weighted by molar-refractivity contribution is -0.0500. The summed E-state index contributed by atoms with van der Waals surface area (Å²) in [6.07, 6.45) is 0. The van der Waals surface area contributed by atoms with Crippen LogP contribution in [0.3, 0.4) is 0 Å². The molecule has 0 bridgehead atoms. The Hall–Kier alpha value is -3.58. The lowest BCUT2D eigenvalue weighted by Crippen LogP contribution is -2.39. The Balaban J connectivity index is 1.86. The van der Waals surface area contributed by atoms with E-state index in [9.17, 15) is 34.8 Å². The molecule has 1 aliphatic rings. The highest BCUT2D eigenvalue weighted by molar-refractivity contribution is 7.89. The number of rotatable bonds is 6. The van der Waals surface area contributed by atoms with Gasteiger partial charge in [0.05, 0.1) is 17.1 Å². The van der Waals surface area contributed by atoms with Gasteiger partial charge in [-0.15, -0.1) is 0 Å². The number of nitrogens with zero attached hydrogens (tertiary/aromatic N) is 2. The molecule has 0 aliphatic carbocycles. The van der Waals surface area contributed by atoms with Gasteiger partial charge in [-0.2, -0.15) is 21.6 Å². The first-order valence-corrected chi connectivity index (χ1v) is 13.7. The number of carbonyl (C=O) groups excluding carboxylic acids is 1. The van der Waals surface area contributed by atoms with Crippen molar-refractivity contribution in [3.8, 4) is 5.75 Å². The van der Waals surface area contributed by atoms with Crippen molar-refractivity contribution < 1.29 is 39.0 Å². The van der Waals surface area contributed by atoms with Crippen LogP contribution in [0.1, 0.15) is 21.5 Å². The van der Waals surface area contributed by atoms with Crippen LogP contribution in [0.5, 0.6) is 5.75 Å². The van der Waals surface area contributed by atoms with Crippen molar-refractivity contribution in [2.45, 2.75) is 23.9 Å². The van der Waals surface area contributed by atoms with Crippen LogP contribution in [0.15, 0.2) is 77.7 Å². The van der Waals surface area contributed by atoms with Crippen molar-refractivity contribution in [1.82, 2.24) is 4.31 Å². The number of sulfonamides is 1. The van der Waals surface area contributed by atoms with Crippen LogP contribution >= 0.6 is 0 Å². The number of alkyl halides is 3. The molecule has 4 rings (SSSR count). The maximum absolute atomic E-state index is 13.6. The summed E-state index contributed by atoms with van der Waals surface area (Å²) in [7, 11) is -10.6. The van der Waals surface area contributed by atoms with Gasteiger partial charge in [-0.25, -0.2) is 12.7 Å². The molecule has 0 fully saturated rings. The van der Waals surface area contributed by atoms with E-state index in [0.717, 1.165) is 17.2 Å². The Morgan fingerprint density at radius 3 is 2.14 bits per heavy atom. The minimum absolute atomic E-state index is 0.0196. The van der Waals surface area contributed by atoms with Gasteiger partial charge in [0.15, 0.2) is 5.75 Å². The van der Waals surface area contributed by atoms with Crippen LogP contribution < -0.4 is 9.08 Å². The van der Waals surface area contributed by atoms with Crippen molar-refractivity contribution in [2.24, 2.45) is 0 Å². The first-order chi connectivity index (χ1) is 17.3. The van der Waals surface area contributed by atoms with Gasteiger partial charge < -0.3 is 9.08 Å². The first-order valence-electron chi connectivity index (χ1n) is 10.9. The monoisotopic (exact) mass is 554 g/mol. The number of carbonyl (C=O) groups is 1. The van der Waals surface area contributed by atoms with Crippen LogP contribution in [0.2, 0.25) is 0 Å². The highest BCUT2D eigenvalue weighted by Gasteiger charge is 2.49. The fraction of sp³-hybridized carbons (Fsp3) is 0.208. The summed E-state index contributed by atoms with van der Waals surface area (Å²) in [4.78, 5) is 15.0. The Labute approximate surface area is 212 Å². The zero-order valence-electron chi connectivity index (χ0n) is 19.3. The van der Waals surface area contributed by atoms with Crippen LogP contribution in [-0.2, 0) is 26.7 Å². The second-order valence-electron chi connectivity index (χ2n) is 8.24. The van der Waals surface area contributed by atoms with Crippen LogP contribution in [-0.4, -0.2) is 45.6 Å². The Morgan fingerprint density at radius 2 is 1.51 bits per heavy atom. The molecule has 1 aliphatic heterocycles. The SMILES string of the molecule is Cc1ccc(S(=O)(=O)N2CCN(Cc3ccccc3)c3cccc(OS(=O)(=O)C(F)(F)F)c3C2=O)cc1. The van der Waals surface area contributed by atoms with Gasteiger partial charge in [0.1, 0.15) is 5.56 Å². The average molecular weight is 555 g/mol. The van der Waals surface area contributed by atoms with Crippen molar-refractivity contribution in [3.05, 3.63) is 89.5 Å². The van der Waals surface area contributed by atoms with E-state index in [0.29, 0.717) is 4.31 Å². The summed E-state index contributed by atoms with van der Waals surface area (Å²) in [6, 6.07) is 18.1. The number of fused-ring (bicyclic) bond motifs is 1.